The van der Waals surface area contributed by atoms with E-state index >= 15 is 0 Å². The van der Waals surface area contributed by atoms with Gasteiger partial charge in [-0.3, -0.25) is 0 Å². The highest BCUT2D eigenvalue weighted by Gasteiger charge is 2.27. The molecule has 1 aromatic heterocycles. The largest absolute Gasteiger partial charge is 0.476 e. The molecular weight excluding hydrogens is 198 g/mol. The number of ether oxygens (including phenoxy) is 1. The second-order valence-corrected chi connectivity index (χ2v) is 3.33. The number of carboxylic acids is 1. The number of anilines is 1. The molecule has 6 heteroatoms. The number of hydrogen-bond donors (Lipinski definition) is 1. The fraction of sp³-hybridized carbons (Fsp3) is 0.444. The molecule has 1 aromatic rings. The first-order valence-electron chi connectivity index (χ1n) is 4.54. The minimum absolute atomic E-state index is 0.0393. The Labute approximate surface area is 86.5 Å². The Morgan fingerprint density at radius 2 is 2.27 bits per heavy atom. The second-order valence-electron chi connectivity index (χ2n) is 3.33. The number of rotatable bonds is 3. The van der Waals surface area contributed by atoms with E-state index < -0.39 is 5.97 Å². The van der Waals surface area contributed by atoms with Gasteiger partial charge in [0.05, 0.1) is 18.5 Å². The van der Waals surface area contributed by atoms with Gasteiger partial charge in [-0.05, 0) is 0 Å². The molecule has 6 nitrogen and oxygen atoms in total. The monoisotopic (exact) mass is 209 g/mol. The van der Waals surface area contributed by atoms with Crippen molar-refractivity contribution in [3.63, 3.8) is 0 Å². The number of carbonyl (C=O) groups is 1. The predicted molar refractivity (Wildman–Crippen MR) is 52.0 cm³/mol. The summed E-state index contributed by atoms with van der Waals surface area (Å²) in [4.78, 5) is 20.3. The van der Waals surface area contributed by atoms with Crippen molar-refractivity contribution in [3.05, 3.63) is 18.1 Å². The van der Waals surface area contributed by atoms with Gasteiger partial charge in [-0.15, -0.1) is 0 Å². The first-order valence-corrected chi connectivity index (χ1v) is 4.54. The van der Waals surface area contributed by atoms with Crippen LogP contribution >= 0.6 is 0 Å². The summed E-state index contributed by atoms with van der Waals surface area (Å²) in [5, 5.41) is 8.63. The Morgan fingerprint density at radius 1 is 1.53 bits per heavy atom. The molecule has 1 aliphatic heterocycles. The van der Waals surface area contributed by atoms with E-state index in [-0.39, 0.29) is 11.8 Å². The average Bonchev–Trinajstić information content (AvgIpc) is 2.17. The first kappa shape index (κ1) is 9.85. The number of methoxy groups -OCH3 is 1. The maximum absolute atomic E-state index is 10.5. The molecule has 1 saturated heterocycles. The van der Waals surface area contributed by atoms with Gasteiger partial charge in [-0.1, -0.05) is 0 Å². The van der Waals surface area contributed by atoms with Gasteiger partial charge in [0.15, 0.2) is 5.69 Å². The molecule has 0 saturated carbocycles. The summed E-state index contributed by atoms with van der Waals surface area (Å²) in [6, 6.07) is 0. The third-order valence-corrected chi connectivity index (χ3v) is 2.36. The van der Waals surface area contributed by atoms with Crippen LogP contribution in [-0.2, 0) is 4.74 Å². The van der Waals surface area contributed by atoms with Crippen molar-refractivity contribution in [1.82, 2.24) is 9.97 Å². The molecule has 80 valence electrons. The van der Waals surface area contributed by atoms with Crippen molar-refractivity contribution in [2.45, 2.75) is 6.10 Å². The number of aromatic carboxylic acids is 1. The van der Waals surface area contributed by atoms with E-state index in [2.05, 4.69) is 9.97 Å². The number of carboxylic acid groups (broad SMARTS) is 1. The molecule has 0 spiro atoms. The van der Waals surface area contributed by atoms with E-state index in [1.54, 1.807) is 7.11 Å². The molecule has 1 fully saturated rings. The molecule has 0 bridgehead atoms. The van der Waals surface area contributed by atoms with Crippen molar-refractivity contribution in [2.24, 2.45) is 0 Å². The number of hydrogen-bond acceptors (Lipinski definition) is 5. The van der Waals surface area contributed by atoms with Gasteiger partial charge in [0.1, 0.15) is 5.82 Å². The molecule has 0 radical (unpaired) electrons. The van der Waals surface area contributed by atoms with E-state index in [4.69, 9.17) is 9.84 Å². The van der Waals surface area contributed by atoms with Crippen molar-refractivity contribution in [3.8, 4) is 0 Å². The lowest BCUT2D eigenvalue weighted by Crippen LogP contribution is -2.52. The molecule has 2 heterocycles. The Hall–Kier alpha value is -1.69. The van der Waals surface area contributed by atoms with Gasteiger partial charge in [-0.25, -0.2) is 14.8 Å². The van der Waals surface area contributed by atoms with Crippen LogP contribution in [0.3, 0.4) is 0 Å². The fourth-order valence-electron chi connectivity index (χ4n) is 1.37. The van der Waals surface area contributed by atoms with Crippen LogP contribution in [0.2, 0.25) is 0 Å². The molecule has 1 N–H and O–H groups in total. The van der Waals surface area contributed by atoms with Crippen LogP contribution in [-0.4, -0.2) is 47.3 Å². The molecule has 0 unspecified atom stereocenters. The molecule has 0 aromatic carbocycles. The van der Waals surface area contributed by atoms with Crippen molar-refractivity contribution in [1.29, 1.82) is 0 Å². The molecule has 0 amide bonds. The van der Waals surface area contributed by atoms with Gasteiger partial charge in [-0.2, -0.15) is 0 Å². The molecule has 0 atom stereocenters. The van der Waals surface area contributed by atoms with Crippen molar-refractivity contribution >= 4 is 11.8 Å². The zero-order chi connectivity index (χ0) is 10.8. The van der Waals surface area contributed by atoms with E-state index in [9.17, 15) is 4.79 Å². The van der Waals surface area contributed by atoms with Crippen LogP contribution in [0.15, 0.2) is 12.4 Å². The zero-order valence-corrected chi connectivity index (χ0v) is 8.25. The van der Waals surface area contributed by atoms with Crippen LogP contribution in [0.1, 0.15) is 10.5 Å². The third kappa shape index (κ3) is 1.89. The molecule has 0 aliphatic carbocycles. The summed E-state index contributed by atoms with van der Waals surface area (Å²) >= 11 is 0. The van der Waals surface area contributed by atoms with Gasteiger partial charge in [0.25, 0.3) is 0 Å². The van der Waals surface area contributed by atoms with E-state index in [0.29, 0.717) is 5.82 Å². The van der Waals surface area contributed by atoms with Crippen molar-refractivity contribution < 1.29 is 14.6 Å². The van der Waals surface area contributed by atoms with Crippen LogP contribution in [0.4, 0.5) is 5.82 Å². The lowest BCUT2D eigenvalue weighted by molar-refractivity contribution is 0.0689. The summed E-state index contributed by atoms with van der Waals surface area (Å²) in [5.41, 5.74) is -0.0393. The molecular formula is C9H11N3O3. The first-order chi connectivity index (χ1) is 7.20. The topological polar surface area (TPSA) is 75.5 Å². The molecule has 1 aliphatic rings. The second kappa shape index (κ2) is 3.82. The van der Waals surface area contributed by atoms with Gasteiger partial charge in [0, 0.05) is 20.2 Å². The smallest absolute Gasteiger partial charge is 0.356 e. The fourth-order valence-corrected chi connectivity index (χ4v) is 1.37. The van der Waals surface area contributed by atoms with Crippen LogP contribution in [0.25, 0.3) is 0 Å². The van der Waals surface area contributed by atoms with Gasteiger partial charge in [0.2, 0.25) is 0 Å². The SMILES string of the molecule is COC1CN(c2cnc(C(=O)O)cn2)C1. The lowest BCUT2D eigenvalue weighted by atomic mass is 10.2. The maximum atomic E-state index is 10.5. The Bertz CT molecular complexity index is 359. The van der Waals surface area contributed by atoms with Gasteiger partial charge < -0.3 is 14.7 Å². The maximum Gasteiger partial charge on any atom is 0.356 e. The van der Waals surface area contributed by atoms with Crippen molar-refractivity contribution in [2.75, 3.05) is 25.1 Å². The zero-order valence-electron chi connectivity index (χ0n) is 8.25. The minimum Gasteiger partial charge on any atom is -0.476 e. The summed E-state index contributed by atoms with van der Waals surface area (Å²) in [6.45, 7) is 1.55. The van der Waals surface area contributed by atoms with E-state index in [1.807, 2.05) is 4.90 Å². The Kier molecular flexibility index (Phi) is 2.51. The number of nitrogens with zero attached hydrogens (tertiary/aromatic N) is 3. The van der Waals surface area contributed by atoms with E-state index in [0.717, 1.165) is 13.1 Å². The Balaban J connectivity index is 2.02. The van der Waals surface area contributed by atoms with Crippen LogP contribution in [0.5, 0.6) is 0 Å². The summed E-state index contributed by atoms with van der Waals surface area (Å²) in [6.07, 6.45) is 2.97. The summed E-state index contributed by atoms with van der Waals surface area (Å²) < 4.78 is 5.12. The lowest BCUT2D eigenvalue weighted by Gasteiger charge is -2.38. The highest BCUT2D eigenvalue weighted by Crippen LogP contribution is 2.18. The van der Waals surface area contributed by atoms with Crippen LogP contribution in [0, 0.1) is 0 Å². The van der Waals surface area contributed by atoms with Gasteiger partial charge >= 0.3 is 5.97 Å². The normalized spacial score (nSPS) is 16.2. The quantitative estimate of drug-likeness (QED) is 0.755. The minimum atomic E-state index is -1.06. The summed E-state index contributed by atoms with van der Waals surface area (Å²) in [7, 11) is 1.67. The summed E-state index contributed by atoms with van der Waals surface area (Å²) in [5.74, 6) is -0.374. The van der Waals surface area contributed by atoms with Crippen LogP contribution < -0.4 is 4.90 Å². The van der Waals surface area contributed by atoms with E-state index in [1.165, 1.54) is 12.4 Å². The molecule has 2 rings (SSSR count). The Morgan fingerprint density at radius 3 is 2.73 bits per heavy atom. The third-order valence-electron chi connectivity index (χ3n) is 2.36. The highest BCUT2D eigenvalue weighted by atomic mass is 16.5. The highest BCUT2D eigenvalue weighted by molar-refractivity contribution is 5.84. The molecule has 15 heavy (non-hydrogen) atoms. The average molecular weight is 209 g/mol. The number of aromatic nitrogens is 2. The predicted octanol–water partition coefficient (Wildman–Crippen LogP) is 0.00980. The standard InChI is InChI=1S/C9H11N3O3/c1-15-6-4-12(5-6)8-3-10-7(2-11-8)9(13)14/h2-3,6H,4-5H2,1H3,(H,13,14).